The fourth-order valence-corrected chi connectivity index (χ4v) is 2.53. The molecule has 108 valence electrons. The van der Waals surface area contributed by atoms with Crippen molar-refractivity contribution < 1.29 is 22.3 Å². The molecule has 0 heterocycles. The second kappa shape index (κ2) is 5.71. The Hall–Kier alpha value is -2.74. The Bertz CT molecular complexity index is 786. The first-order valence-corrected chi connectivity index (χ1v) is 7.08. The Morgan fingerprint density at radius 3 is 2.33 bits per heavy atom. The Labute approximate surface area is 120 Å². The van der Waals surface area contributed by atoms with Gasteiger partial charge in [-0.2, -0.15) is 8.42 Å². The van der Waals surface area contributed by atoms with Crippen molar-refractivity contribution in [3.63, 3.8) is 0 Å². The van der Waals surface area contributed by atoms with E-state index >= 15 is 0 Å². The molecule has 2 aromatic rings. The van der Waals surface area contributed by atoms with Crippen LogP contribution in [0.2, 0.25) is 0 Å². The molecular weight excluding hydrogens is 298 g/mol. The number of carbonyl (C=O) groups is 1. The van der Waals surface area contributed by atoms with Gasteiger partial charge in [0.25, 0.3) is 5.69 Å². The molecule has 0 bridgehead atoms. The molecule has 0 aromatic heterocycles. The van der Waals surface area contributed by atoms with Gasteiger partial charge in [-0.15, -0.1) is 0 Å². The van der Waals surface area contributed by atoms with Gasteiger partial charge in [0, 0.05) is 6.07 Å². The maximum atomic E-state index is 12.0. The van der Waals surface area contributed by atoms with E-state index in [1.54, 1.807) is 6.07 Å². The zero-order chi connectivity index (χ0) is 15.5. The highest BCUT2D eigenvalue weighted by Gasteiger charge is 2.20. The summed E-state index contributed by atoms with van der Waals surface area (Å²) in [4.78, 5) is 20.8. The van der Waals surface area contributed by atoms with E-state index in [0.717, 1.165) is 18.2 Å². The van der Waals surface area contributed by atoms with Crippen molar-refractivity contribution in [1.29, 1.82) is 0 Å². The second-order valence-corrected chi connectivity index (χ2v) is 5.49. The quantitative estimate of drug-likeness (QED) is 0.363. The second-order valence-electron chi connectivity index (χ2n) is 3.95. The monoisotopic (exact) mass is 307 g/mol. The number of hydrogen-bond donors (Lipinski definition) is 0. The van der Waals surface area contributed by atoms with Crippen LogP contribution in [0, 0.1) is 10.1 Å². The number of hydrogen-bond acceptors (Lipinski definition) is 6. The topological polar surface area (TPSA) is 104 Å². The molecule has 0 radical (unpaired) electrons. The molecule has 2 aromatic carbocycles. The number of nitrogens with zero attached hydrogens (tertiary/aromatic N) is 1. The number of carbonyl (C=O) groups excluding carboxylic acids is 1. The number of benzene rings is 2. The van der Waals surface area contributed by atoms with Gasteiger partial charge in [-0.05, 0) is 18.2 Å². The summed E-state index contributed by atoms with van der Waals surface area (Å²) < 4.78 is 28.9. The van der Waals surface area contributed by atoms with Crippen LogP contribution in [-0.2, 0) is 10.1 Å². The summed E-state index contributed by atoms with van der Waals surface area (Å²) in [6.07, 6.45) is 0.361. The lowest BCUT2D eigenvalue weighted by molar-refractivity contribution is -0.384. The van der Waals surface area contributed by atoms with Gasteiger partial charge >= 0.3 is 10.1 Å². The third kappa shape index (κ3) is 3.23. The predicted octanol–water partition coefficient (Wildman–Crippen LogP) is 2.17. The number of aldehydes is 1. The standard InChI is InChI=1S/C13H9NO6S/c15-9-10-6-7-11(14(16)17)8-13(10)20-21(18,19)12-4-2-1-3-5-12/h1-9H. The van der Waals surface area contributed by atoms with Gasteiger partial charge in [0.05, 0.1) is 16.6 Å². The molecule has 21 heavy (non-hydrogen) atoms. The van der Waals surface area contributed by atoms with Crippen LogP contribution < -0.4 is 4.18 Å². The van der Waals surface area contributed by atoms with E-state index in [-0.39, 0.29) is 21.9 Å². The number of rotatable bonds is 5. The molecule has 7 nitrogen and oxygen atoms in total. The first kappa shape index (κ1) is 14.7. The van der Waals surface area contributed by atoms with Crippen LogP contribution in [0.3, 0.4) is 0 Å². The molecule has 0 saturated carbocycles. The lowest BCUT2D eigenvalue weighted by Crippen LogP contribution is -2.11. The normalized spacial score (nSPS) is 10.9. The van der Waals surface area contributed by atoms with Crippen LogP contribution in [0.5, 0.6) is 5.75 Å². The van der Waals surface area contributed by atoms with Gasteiger partial charge < -0.3 is 4.18 Å². The number of non-ortho nitro benzene ring substituents is 1. The van der Waals surface area contributed by atoms with Gasteiger partial charge in [0.1, 0.15) is 4.90 Å². The molecule has 0 aliphatic heterocycles. The minimum absolute atomic E-state index is 0.0971. The molecule has 0 amide bonds. The van der Waals surface area contributed by atoms with Crippen molar-refractivity contribution in [3.05, 3.63) is 64.2 Å². The lowest BCUT2D eigenvalue weighted by Gasteiger charge is -2.08. The fourth-order valence-electron chi connectivity index (χ4n) is 1.56. The first-order valence-electron chi connectivity index (χ1n) is 5.67. The smallest absolute Gasteiger partial charge is 0.339 e. The van der Waals surface area contributed by atoms with E-state index in [4.69, 9.17) is 4.18 Å². The SMILES string of the molecule is O=Cc1ccc([N+](=O)[O-])cc1OS(=O)(=O)c1ccccc1. The molecule has 2 rings (SSSR count). The zero-order valence-electron chi connectivity index (χ0n) is 10.5. The van der Waals surface area contributed by atoms with Gasteiger partial charge in [-0.1, -0.05) is 18.2 Å². The Kier molecular flexibility index (Phi) is 3.99. The minimum atomic E-state index is -4.17. The van der Waals surface area contributed by atoms with Crippen molar-refractivity contribution in [3.8, 4) is 5.75 Å². The summed E-state index contributed by atoms with van der Waals surface area (Å²) >= 11 is 0. The highest BCUT2D eigenvalue weighted by Crippen LogP contribution is 2.26. The van der Waals surface area contributed by atoms with E-state index in [1.165, 1.54) is 24.3 Å². The zero-order valence-corrected chi connectivity index (χ0v) is 11.3. The molecule has 0 aliphatic carbocycles. The molecule has 0 N–H and O–H groups in total. The van der Waals surface area contributed by atoms with E-state index in [2.05, 4.69) is 0 Å². The van der Waals surface area contributed by atoms with Crippen molar-refractivity contribution in [1.82, 2.24) is 0 Å². The van der Waals surface area contributed by atoms with E-state index in [9.17, 15) is 23.3 Å². The number of nitro benzene ring substituents is 1. The Balaban J connectivity index is 2.45. The fraction of sp³-hybridized carbons (Fsp3) is 0. The van der Waals surface area contributed by atoms with Crippen LogP contribution in [0.4, 0.5) is 5.69 Å². The van der Waals surface area contributed by atoms with Gasteiger partial charge in [0.2, 0.25) is 0 Å². The van der Waals surface area contributed by atoms with E-state index < -0.39 is 15.0 Å². The van der Waals surface area contributed by atoms with Crippen molar-refractivity contribution in [2.24, 2.45) is 0 Å². The van der Waals surface area contributed by atoms with Crippen LogP contribution in [0.1, 0.15) is 10.4 Å². The third-order valence-corrected chi connectivity index (χ3v) is 3.81. The summed E-state index contributed by atoms with van der Waals surface area (Å²) in [5.41, 5.74) is -0.473. The lowest BCUT2D eigenvalue weighted by atomic mass is 10.2. The van der Waals surface area contributed by atoms with Crippen molar-refractivity contribution in [2.45, 2.75) is 4.90 Å². The Morgan fingerprint density at radius 2 is 1.76 bits per heavy atom. The van der Waals surface area contributed by atoms with Crippen LogP contribution in [0.25, 0.3) is 0 Å². The van der Waals surface area contributed by atoms with Crippen LogP contribution >= 0.6 is 0 Å². The molecular formula is C13H9NO6S. The highest BCUT2D eigenvalue weighted by atomic mass is 32.2. The van der Waals surface area contributed by atoms with Crippen LogP contribution in [0.15, 0.2) is 53.4 Å². The van der Waals surface area contributed by atoms with Gasteiger partial charge in [-0.25, -0.2) is 0 Å². The molecule has 0 saturated heterocycles. The predicted molar refractivity (Wildman–Crippen MR) is 72.7 cm³/mol. The van der Waals surface area contributed by atoms with Crippen molar-refractivity contribution >= 4 is 22.1 Å². The van der Waals surface area contributed by atoms with Gasteiger partial charge in [-0.3, -0.25) is 14.9 Å². The maximum absolute atomic E-state index is 12.0. The molecule has 0 spiro atoms. The largest absolute Gasteiger partial charge is 0.378 e. The first-order chi connectivity index (χ1) is 9.94. The summed E-state index contributed by atoms with van der Waals surface area (Å²) in [5.74, 6) is -0.386. The highest BCUT2D eigenvalue weighted by molar-refractivity contribution is 7.87. The molecule has 0 fully saturated rings. The average Bonchev–Trinajstić information content (AvgIpc) is 2.47. The number of nitro groups is 1. The summed E-state index contributed by atoms with van der Waals surface area (Å²) in [5, 5.41) is 10.7. The van der Waals surface area contributed by atoms with Crippen LogP contribution in [-0.4, -0.2) is 19.6 Å². The van der Waals surface area contributed by atoms with E-state index in [1.807, 2.05) is 0 Å². The van der Waals surface area contributed by atoms with Gasteiger partial charge in [0.15, 0.2) is 12.0 Å². The minimum Gasteiger partial charge on any atom is -0.378 e. The summed E-state index contributed by atoms with van der Waals surface area (Å²) in [6, 6.07) is 10.4. The molecule has 8 heteroatoms. The third-order valence-electron chi connectivity index (χ3n) is 2.57. The Morgan fingerprint density at radius 1 is 1.10 bits per heavy atom. The average molecular weight is 307 g/mol. The summed E-state index contributed by atoms with van der Waals surface area (Å²) in [7, 11) is -4.17. The maximum Gasteiger partial charge on any atom is 0.339 e. The summed E-state index contributed by atoms with van der Waals surface area (Å²) in [6.45, 7) is 0. The molecule has 0 aliphatic rings. The molecule has 0 unspecified atom stereocenters. The molecule has 0 atom stereocenters. The van der Waals surface area contributed by atoms with E-state index in [0.29, 0.717) is 6.29 Å². The van der Waals surface area contributed by atoms with Crippen molar-refractivity contribution in [2.75, 3.05) is 0 Å².